The van der Waals surface area contributed by atoms with Crippen LogP contribution in [0.2, 0.25) is 0 Å². The molecule has 0 saturated heterocycles. The van der Waals surface area contributed by atoms with Crippen molar-refractivity contribution in [3.8, 4) is 0 Å². The second kappa shape index (κ2) is 5.61. The molecule has 0 nitrogen and oxygen atoms in total. The van der Waals surface area contributed by atoms with Gasteiger partial charge in [-0.1, -0.05) is 42.5 Å². The first-order valence-electron chi connectivity index (χ1n) is 5.95. The van der Waals surface area contributed by atoms with Crippen LogP contribution >= 0.6 is 0 Å². The molecule has 0 fully saturated rings. The second-order valence-electron chi connectivity index (χ2n) is 4.42. The molecule has 2 aromatic rings. The number of halogens is 2. The maximum atomic E-state index is 13.0. The molecule has 0 unspecified atom stereocenters. The van der Waals surface area contributed by atoms with Gasteiger partial charge in [-0.3, -0.25) is 0 Å². The van der Waals surface area contributed by atoms with Crippen LogP contribution in [-0.2, 0) is 0 Å². The van der Waals surface area contributed by atoms with Crippen molar-refractivity contribution >= 4 is 5.57 Å². The predicted octanol–water partition coefficient (Wildman–Crippen LogP) is 4.97. The molecule has 0 amide bonds. The fourth-order valence-corrected chi connectivity index (χ4v) is 1.84. The Kier molecular flexibility index (Phi) is 3.91. The minimum absolute atomic E-state index is 0.280. The van der Waals surface area contributed by atoms with Crippen molar-refractivity contribution in [3.63, 3.8) is 0 Å². The molecule has 0 bridgehead atoms. The van der Waals surface area contributed by atoms with E-state index in [9.17, 15) is 8.78 Å². The van der Waals surface area contributed by atoms with Gasteiger partial charge >= 0.3 is 0 Å². The van der Waals surface area contributed by atoms with Gasteiger partial charge in [0.2, 0.25) is 0 Å². The maximum Gasteiger partial charge on any atom is 0.123 e. The number of hydrogen-bond acceptors (Lipinski definition) is 0. The number of allylic oxidation sites excluding steroid dienone is 2. The molecule has 2 heteroatoms. The van der Waals surface area contributed by atoms with E-state index in [1.807, 2.05) is 13.0 Å². The van der Waals surface area contributed by atoms with Gasteiger partial charge in [0.25, 0.3) is 0 Å². The van der Waals surface area contributed by atoms with Crippen LogP contribution in [-0.4, -0.2) is 0 Å². The lowest BCUT2D eigenvalue weighted by atomic mass is 9.96. The first-order valence-corrected chi connectivity index (χ1v) is 5.95. The van der Waals surface area contributed by atoms with Crippen LogP contribution in [0.4, 0.5) is 8.78 Å². The molecule has 96 valence electrons. The van der Waals surface area contributed by atoms with Gasteiger partial charge in [0, 0.05) is 0 Å². The summed E-state index contributed by atoms with van der Waals surface area (Å²) in [4.78, 5) is 0. The average Bonchev–Trinajstić information content (AvgIpc) is 2.38. The van der Waals surface area contributed by atoms with Crippen molar-refractivity contribution < 1.29 is 8.78 Å². The van der Waals surface area contributed by atoms with Gasteiger partial charge in [-0.2, -0.15) is 0 Å². The van der Waals surface area contributed by atoms with Crippen LogP contribution in [0.5, 0.6) is 0 Å². The Morgan fingerprint density at radius 3 is 1.53 bits per heavy atom. The molecule has 2 aromatic carbocycles. The predicted molar refractivity (Wildman–Crippen MR) is 74.7 cm³/mol. The molecular weight excluding hydrogens is 242 g/mol. The Morgan fingerprint density at radius 2 is 1.21 bits per heavy atom. The van der Waals surface area contributed by atoms with Crippen molar-refractivity contribution in [1.82, 2.24) is 0 Å². The highest BCUT2D eigenvalue weighted by Gasteiger charge is 2.05. The largest absolute Gasteiger partial charge is 0.207 e. The summed E-state index contributed by atoms with van der Waals surface area (Å²) in [5, 5.41) is 0. The van der Waals surface area contributed by atoms with Crippen molar-refractivity contribution in [2.24, 2.45) is 0 Å². The summed E-state index contributed by atoms with van der Waals surface area (Å²) < 4.78 is 26.0. The van der Waals surface area contributed by atoms with Gasteiger partial charge < -0.3 is 0 Å². The average molecular weight is 256 g/mol. The Hall–Kier alpha value is -2.22. The van der Waals surface area contributed by atoms with E-state index >= 15 is 0 Å². The molecule has 0 spiro atoms. The van der Waals surface area contributed by atoms with Crippen LogP contribution in [0.25, 0.3) is 5.57 Å². The summed E-state index contributed by atoms with van der Waals surface area (Å²) in [5.74, 6) is -0.560. The van der Waals surface area contributed by atoms with E-state index in [1.54, 1.807) is 24.3 Å². The monoisotopic (exact) mass is 256 g/mol. The molecule has 0 aromatic heterocycles. The Morgan fingerprint density at radius 1 is 0.842 bits per heavy atom. The minimum Gasteiger partial charge on any atom is -0.207 e. The number of benzene rings is 2. The highest BCUT2D eigenvalue weighted by Crippen LogP contribution is 2.25. The van der Waals surface area contributed by atoms with Crippen molar-refractivity contribution in [2.75, 3.05) is 0 Å². The van der Waals surface area contributed by atoms with E-state index in [0.717, 1.165) is 22.3 Å². The topological polar surface area (TPSA) is 0 Å². The first kappa shape index (κ1) is 13.2. The highest BCUT2D eigenvalue weighted by atomic mass is 19.1. The highest BCUT2D eigenvalue weighted by molar-refractivity contribution is 5.81. The number of rotatable bonds is 3. The fraction of sp³-hybridized carbons (Fsp3) is 0.0588. The van der Waals surface area contributed by atoms with Gasteiger partial charge in [-0.15, -0.1) is 0 Å². The summed E-state index contributed by atoms with van der Waals surface area (Å²) >= 11 is 0. The van der Waals surface area contributed by atoms with E-state index in [-0.39, 0.29) is 11.6 Å². The van der Waals surface area contributed by atoms with Crippen molar-refractivity contribution in [2.45, 2.75) is 6.92 Å². The van der Waals surface area contributed by atoms with Gasteiger partial charge in [0.15, 0.2) is 0 Å². The van der Waals surface area contributed by atoms with Crippen LogP contribution in [0, 0.1) is 11.6 Å². The van der Waals surface area contributed by atoms with Crippen LogP contribution in [0.1, 0.15) is 18.1 Å². The van der Waals surface area contributed by atoms with Crippen LogP contribution in [0.3, 0.4) is 0 Å². The molecule has 0 N–H and O–H groups in total. The molecule has 0 aliphatic heterocycles. The van der Waals surface area contributed by atoms with E-state index < -0.39 is 0 Å². The lowest BCUT2D eigenvalue weighted by Gasteiger charge is -2.09. The molecule has 0 heterocycles. The van der Waals surface area contributed by atoms with E-state index in [2.05, 4.69) is 6.58 Å². The zero-order valence-electron chi connectivity index (χ0n) is 10.7. The van der Waals surface area contributed by atoms with Crippen LogP contribution < -0.4 is 0 Å². The third-order valence-electron chi connectivity index (χ3n) is 2.70. The summed E-state index contributed by atoms with van der Waals surface area (Å²) in [6.07, 6.45) is 1.90. The Balaban J connectivity index is 2.50. The summed E-state index contributed by atoms with van der Waals surface area (Å²) in [7, 11) is 0. The number of hydrogen-bond donors (Lipinski definition) is 0. The zero-order chi connectivity index (χ0) is 13.8. The summed E-state index contributed by atoms with van der Waals surface area (Å²) in [6, 6.07) is 12.4. The quantitative estimate of drug-likeness (QED) is 0.680. The minimum atomic E-state index is -0.280. The van der Waals surface area contributed by atoms with E-state index in [0.29, 0.717) is 0 Å². The molecule has 0 aliphatic rings. The third kappa shape index (κ3) is 3.38. The van der Waals surface area contributed by atoms with Gasteiger partial charge in [-0.25, -0.2) is 8.78 Å². The smallest absolute Gasteiger partial charge is 0.123 e. The van der Waals surface area contributed by atoms with E-state index in [4.69, 9.17) is 0 Å². The molecule has 2 rings (SSSR count). The third-order valence-corrected chi connectivity index (χ3v) is 2.70. The molecule has 0 radical (unpaired) electrons. The molecule has 0 saturated carbocycles. The van der Waals surface area contributed by atoms with Crippen molar-refractivity contribution in [1.29, 1.82) is 0 Å². The lowest BCUT2D eigenvalue weighted by molar-refractivity contribution is 0.627. The lowest BCUT2D eigenvalue weighted by Crippen LogP contribution is -1.90. The molecular formula is C17H14F2. The summed E-state index contributed by atoms with van der Waals surface area (Å²) in [6.45, 7) is 5.74. The molecule has 0 aliphatic carbocycles. The Bertz CT molecular complexity index is 557. The maximum absolute atomic E-state index is 13.0. The SMILES string of the molecule is C=C(C)C=C(c1ccc(F)cc1)c1ccc(F)cc1. The Labute approximate surface area is 111 Å². The van der Waals surface area contributed by atoms with Gasteiger partial charge in [-0.05, 0) is 47.9 Å². The van der Waals surface area contributed by atoms with E-state index in [1.165, 1.54) is 24.3 Å². The first-order chi connectivity index (χ1) is 9.06. The van der Waals surface area contributed by atoms with Gasteiger partial charge in [0.05, 0.1) is 0 Å². The van der Waals surface area contributed by atoms with Gasteiger partial charge in [0.1, 0.15) is 11.6 Å². The fourth-order valence-electron chi connectivity index (χ4n) is 1.84. The summed E-state index contributed by atoms with van der Waals surface area (Å²) in [5.41, 5.74) is 3.52. The molecule has 19 heavy (non-hydrogen) atoms. The standard InChI is InChI=1S/C17H14F2/c1-12(2)11-17(13-3-7-15(18)8-4-13)14-5-9-16(19)10-6-14/h3-11H,1H2,2H3. The molecule has 0 atom stereocenters. The van der Waals surface area contributed by atoms with Crippen LogP contribution in [0.15, 0.2) is 66.8 Å². The van der Waals surface area contributed by atoms with Crippen molar-refractivity contribution in [3.05, 3.63) is 89.5 Å². The zero-order valence-corrected chi connectivity index (χ0v) is 10.7. The second-order valence-corrected chi connectivity index (χ2v) is 4.42. The normalized spacial score (nSPS) is 10.1.